The van der Waals surface area contributed by atoms with Gasteiger partial charge in [0, 0.05) is 25.1 Å². The first kappa shape index (κ1) is 15.0. The molecule has 1 aromatic carbocycles. The summed E-state index contributed by atoms with van der Waals surface area (Å²) in [6, 6.07) is 5.76. The van der Waals surface area contributed by atoms with Crippen molar-refractivity contribution in [1.82, 2.24) is 5.32 Å². The van der Waals surface area contributed by atoms with E-state index in [0.29, 0.717) is 26.3 Å². The third-order valence-electron chi connectivity index (χ3n) is 2.84. The van der Waals surface area contributed by atoms with Gasteiger partial charge in [0.25, 0.3) is 6.43 Å². The normalized spacial score (nSPS) is 14.3. The number of benzene rings is 1. The van der Waals surface area contributed by atoms with E-state index in [-0.39, 0.29) is 6.61 Å². The van der Waals surface area contributed by atoms with E-state index in [4.69, 9.17) is 14.2 Å². The Morgan fingerprint density at radius 1 is 1.25 bits per heavy atom. The van der Waals surface area contributed by atoms with E-state index in [1.54, 1.807) is 0 Å². The number of nitrogens with one attached hydrogen (secondary N) is 1. The molecule has 112 valence electrons. The molecule has 1 aliphatic heterocycles. The van der Waals surface area contributed by atoms with E-state index in [1.807, 2.05) is 18.2 Å². The molecule has 0 atom stereocenters. The zero-order valence-corrected chi connectivity index (χ0v) is 11.2. The highest BCUT2D eigenvalue weighted by Crippen LogP contribution is 2.32. The van der Waals surface area contributed by atoms with Crippen molar-refractivity contribution >= 4 is 0 Å². The first-order valence-electron chi connectivity index (χ1n) is 6.71. The molecule has 2 rings (SSSR count). The van der Waals surface area contributed by atoms with Crippen molar-refractivity contribution in [2.45, 2.75) is 19.4 Å². The van der Waals surface area contributed by atoms with Gasteiger partial charge in [-0.05, 0) is 6.07 Å². The molecule has 0 aliphatic carbocycles. The molecule has 0 amide bonds. The maximum absolute atomic E-state index is 11.9. The lowest BCUT2D eigenvalue weighted by Gasteiger charge is -2.13. The molecule has 20 heavy (non-hydrogen) atoms. The van der Waals surface area contributed by atoms with Crippen LogP contribution in [0.4, 0.5) is 8.78 Å². The Bertz CT molecular complexity index is 415. The largest absolute Gasteiger partial charge is 0.490 e. The Morgan fingerprint density at radius 3 is 2.95 bits per heavy atom. The predicted molar refractivity (Wildman–Crippen MR) is 70.6 cm³/mol. The van der Waals surface area contributed by atoms with E-state index >= 15 is 0 Å². The Morgan fingerprint density at radius 2 is 2.10 bits per heavy atom. The molecular weight excluding hydrogens is 268 g/mol. The second kappa shape index (κ2) is 8.01. The first-order chi connectivity index (χ1) is 9.77. The van der Waals surface area contributed by atoms with Crippen molar-refractivity contribution in [1.29, 1.82) is 0 Å². The summed E-state index contributed by atoms with van der Waals surface area (Å²) < 4.78 is 39.8. The zero-order valence-electron chi connectivity index (χ0n) is 11.2. The Hall–Kier alpha value is -1.40. The molecule has 0 saturated heterocycles. The minimum absolute atomic E-state index is 0.261. The second-order valence-corrected chi connectivity index (χ2v) is 4.44. The monoisotopic (exact) mass is 287 g/mol. The quantitative estimate of drug-likeness (QED) is 0.781. The summed E-state index contributed by atoms with van der Waals surface area (Å²) in [7, 11) is 0. The highest BCUT2D eigenvalue weighted by Gasteiger charge is 2.13. The molecule has 0 unspecified atom stereocenters. The lowest BCUT2D eigenvalue weighted by atomic mass is 10.2. The topological polar surface area (TPSA) is 39.7 Å². The molecule has 1 aliphatic rings. The summed E-state index contributed by atoms with van der Waals surface area (Å²) in [5, 5.41) is 3.14. The van der Waals surface area contributed by atoms with Crippen molar-refractivity contribution in [2.75, 3.05) is 33.0 Å². The molecule has 0 bridgehead atoms. The number of rotatable bonds is 7. The maximum atomic E-state index is 11.9. The van der Waals surface area contributed by atoms with Gasteiger partial charge in [0.1, 0.15) is 6.61 Å². The van der Waals surface area contributed by atoms with Crippen LogP contribution in [0.1, 0.15) is 12.0 Å². The van der Waals surface area contributed by atoms with Crippen LogP contribution in [0.2, 0.25) is 0 Å². The summed E-state index contributed by atoms with van der Waals surface area (Å²) in [5.41, 5.74) is 0.998. The minimum atomic E-state index is -2.41. The van der Waals surface area contributed by atoms with Crippen LogP contribution in [0.15, 0.2) is 18.2 Å². The molecule has 0 aromatic heterocycles. The van der Waals surface area contributed by atoms with Gasteiger partial charge >= 0.3 is 0 Å². The highest BCUT2D eigenvalue weighted by molar-refractivity contribution is 5.46. The second-order valence-electron chi connectivity index (χ2n) is 4.44. The Kier molecular flexibility index (Phi) is 6.01. The molecule has 0 fully saturated rings. The molecule has 0 spiro atoms. The first-order valence-corrected chi connectivity index (χ1v) is 6.71. The fourth-order valence-electron chi connectivity index (χ4n) is 1.93. The van der Waals surface area contributed by atoms with E-state index < -0.39 is 13.0 Å². The average Bonchev–Trinajstić information content (AvgIpc) is 2.68. The van der Waals surface area contributed by atoms with E-state index in [2.05, 4.69) is 5.32 Å². The number of fused-ring (bicyclic) bond motifs is 1. The van der Waals surface area contributed by atoms with Gasteiger partial charge in [-0.1, -0.05) is 12.1 Å². The van der Waals surface area contributed by atoms with Crippen LogP contribution < -0.4 is 14.8 Å². The lowest BCUT2D eigenvalue weighted by molar-refractivity contribution is 0.0187. The van der Waals surface area contributed by atoms with Gasteiger partial charge in [-0.2, -0.15) is 0 Å². The third-order valence-corrected chi connectivity index (χ3v) is 2.84. The maximum Gasteiger partial charge on any atom is 0.261 e. The van der Waals surface area contributed by atoms with Crippen LogP contribution in [0, 0.1) is 0 Å². The van der Waals surface area contributed by atoms with Crippen molar-refractivity contribution in [3.63, 3.8) is 0 Å². The SMILES string of the molecule is FC(F)COCCNCc1cccc2c1OCCCO2. The van der Waals surface area contributed by atoms with E-state index in [9.17, 15) is 8.78 Å². The summed E-state index contributed by atoms with van der Waals surface area (Å²) in [5.74, 6) is 1.53. The van der Waals surface area contributed by atoms with Gasteiger partial charge in [0.05, 0.1) is 19.8 Å². The van der Waals surface area contributed by atoms with Crippen molar-refractivity contribution in [3.8, 4) is 11.5 Å². The Labute approximate surface area is 117 Å². The molecule has 0 radical (unpaired) electrons. The Balaban J connectivity index is 1.78. The standard InChI is InChI=1S/C14H19F2NO3/c15-13(16)10-18-8-5-17-9-11-3-1-4-12-14(11)20-7-2-6-19-12/h1,3-4,13,17H,2,5-10H2. The van der Waals surface area contributed by atoms with Crippen LogP contribution in [-0.4, -0.2) is 39.4 Å². The fraction of sp³-hybridized carbons (Fsp3) is 0.571. The van der Waals surface area contributed by atoms with Gasteiger partial charge in [-0.3, -0.25) is 0 Å². The highest BCUT2D eigenvalue weighted by atomic mass is 19.3. The molecular formula is C14H19F2NO3. The molecule has 0 saturated carbocycles. The number of halogens is 2. The summed E-state index contributed by atoms with van der Waals surface area (Å²) >= 11 is 0. The fourth-order valence-corrected chi connectivity index (χ4v) is 1.93. The summed E-state index contributed by atoms with van der Waals surface area (Å²) in [6.07, 6.45) is -1.55. The smallest absolute Gasteiger partial charge is 0.261 e. The average molecular weight is 287 g/mol. The van der Waals surface area contributed by atoms with E-state index in [0.717, 1.165) is 23.5 Å². The van der Waals surface area contributed by atoms with Crippen molar-refractivity contribution in [3.05, 3.63) is 23.8 Å². The zero-order chi connectivity index (χ0) is 14.2. The van der Waals surface area contributed by atoms with Crippen LogP contribution >= 0.6 is 0 Å². The summed E-state index contributed by atoms with van der Waals surface area (Å²) in [6.45, 7) is 2.14. The predicted octanol–water partition coefficient (Wildman–Crippen LogP) is 2.22. The summed E-state index contributed by atoms with van der Waals surface area (Å²) in [4.78, 5) is 0. The third kappa shape index (κ3) is 4.61. The van der Waals surface area contributed by atoms with Gasteiger partial charge in [0.15, 0.2) is 11.5 Å². The number of alkyl halides is 2. The van der Waals surface area contributed by atoms with Crippen LogP contribution in [0.3, 0.4) is 0 Å². The van der Waals surface area contributed by atoms with Gasteiger partial charge in [-0.15, -0.1) is 0 Å². The van der Waals surface area contributed by atoms with Gasteiger partial charge < -0.3 is 19.5 Å². The molecule has 1 heterocycles. The van der Waals surface area contributed by atoms with Gasteiger partial charge in [0.2, 0.25) is 0 Å². The van der Waals surface area contributed by atoms with Crippen molar-refractivity contribution in [2.24, 2.45) is 0 Å². The molecule has 1 aromatic rings. The molecule has 6 heteroatoms. The van der Waals surface area contributed by atoms with Crippen LogP contribution in [0.25, 0.3) is 0 Å². The van der Waals surface area contributed by atoms with Crippen molar-refractivity contribution < 1.29 is 23.0 Å². The number of hydrogen-bond acceptors (Lipinski definition) is 4. The number of ether oxygens (including phenoxy) is 3. The minimum Gasteiger partial charge on any atom is -0.490 e. The van der Waals surface area contributed by atoms with Crippen LogP contribution in [-0.2, 0) is 11.3 Å². The van der Waals surface area contributed by atoms with Crippen LogP contribution in [0.5, 0.6) is 11.5 Å². The lowest BCUT2D eigenvalue weighted by Crippen LogP contribution is -2.21. The molecule has 4 nitrogen and oxygen atoms in total. The van der Waals surface area contributed by atoms with E-state index in [1.165, 1.54) is 0 Å². The van der Waals surface area contributed by atoms with Gasteiger partial charge in [-0.25, -0.2) is 8.78 Å². The molecule has 1 N–H and O–H groups in total. The number of hydrogen-bond donors (Lipinski definition) is 1. The number of para-hydroxylation sites is 1.